The van der Waals surface area contributed by atoms with E-state index in [-0.39, 0.29) is 10.8 Å². The van der Waals surface area contributed by atoms with Crippen LogP contribution >= 0.6 is 0 Å². The molecule has 0 fully saturated rings. The molecule has 0 N–H and O–H groups in total. The molecule has 0 amide bonds. The highest BCUT2D eigenvalue weighted by Gasteiger charge is 2.51. The van der Waals surface area contributed by atoms with E-state index in [0.29, 0.717) is 23.7 Å². The molecule has 0 radical (unpaired) electrons. The fourth-order valence-electron chi connectivity index (χ4n) is 7.08. The molecule has 164 valence electrons. The van der Waals surface area contributed by atoms with E-state index in [0.717, 1.165) is 6.42 Å². The topological polar surface area (TPSA) is 0 Å². The molecule has 6 rings (SSSR count). The summed E-state index contributed by atoms with van der Waals surface area (Å²) < 4.78 is 0. The maximum atomic E-state index is 2.54. The third-order valence-electron chi connectivity index (χ3n) is 8.80. The minimum Gasteiger partial charge on any atom is -0.0770 e. The molecule has 4 unspecified atom stereocenters. The van der Waals surface area contributed by atoms with Crippen LogP contribution in [0.4, 0.5) is 0 Å². The first-order valence-corrected chi connectivity index (χ1v) is 12.3. The summed E-state index contributed by atoms with van der Waals surface area (Å²) in [5.74, 6) is 1.65. The molecule has 4 atom stereocenters. The lowest BCUT2D eigenvalue weighted by Gasteiger charge is -2.50. The van der Waals surface area contributed by atoms with Crippen LogP contribution in [-0.4, -0.2) is 0 Å². The molecule has 4 aliphatic carbocycles. The highest BCUT2D eigenvalue weighted by Crippen LogP contribution is 2.61. The van der Waals surface area contributed by atoms with Gasteiger partial charge in [-0.25, -0.2) is 0 Å². The first-order valence-electron chi connectivity index (χ1n) is 12.3. The zero-order valence-corrected chi connectivity index (χ0v) is 19.6. The van der Waals surface area contributed by atoms with E-state index < -0.39 is 0 Å². The highest BCUT2D eigenvalue weighted by molar-refractivity contribution is 5.64. The Morgan fingerprint density at radius 2 is 0.939 bits per heavy atom. The highest BCUT2D eigenvalue weighted by atomic mass is 14.5. The monoisotopic (exact) mass is 428 g/mol. The second kappa shape index (κ2) is 7.73. The van der Waals surface area contributed by atoms with Crippen molar-refractivity contribution in [3.05, 3.63) is 132 Å². The normalized spacial score (nSPS) is 26.1. The number of allylic oxidation sites excluding steroid dienone is 10. The second-order valence-corrected chi connectivity index (χ2v) is 10.7. The standard InChI is InChI=1S/C33H32/c1-32(26-13-5-6-14-26,30-21-19-24-11-3-9-17-28(24)30)23-33(2,27-15-7-8-16-27)31-22-20-25-12-4-10-18-29(25)31/h3-22,26-27,30-31H,23H2,1-2H3. The summed E-state index contributed by atoms with van der Waals surface area (Å²) in [6.07, 6.45) is 29.4. The van der Waals surface area contributed by atoms with E-state index in [4.69, 9.17) is 0 Å². The molecular weight excluding hydrogens is 396 g/mol. The van der Waals surface area contributed by atoms with Gasteiger partial charge in [0.25, 0.3) is 0 Å². The van der Waals surface area contributed by atoms with Crippen molar-refractivity contribution in [2.75, 3.05) is 0 Å². The van der Waals surface area contributed by atoms with Gasteiger partial charge in [-0.05, 0) is 39.5 Å². The van der Waals surface area contributed by atoms with Crippen molar-refractivity contribution in [3.63, 3.8) is 0 Å². The van der Waals surface area contributed by atoms with Crippen molar-refractivity contribution in [1.82, 2.24) is 0 Å². The van der Waals surface area contributed by atoms with Gasteiger partial charge in [-0.15, -0.1) is 0 Å². The molecular formula is C33H32. The Bertz CT molecular complexity index is 1130. The Kier molecular flexibility index (Phi) is 4.80. The fourth-order valence-corrected chi connectivity index (χ4v) is 7.08. The molecule has 4 aliphatic rings. The summed E-state index contributed by atoms with van der Waals surface area (Å²) in [6, 6.07) is 18.0. The molecule has 0 aliphatic heterocycles. The summed E-state index contributed by atoms with van der Waals surface area (Å²) in [6.45, 7) is 5.08. The zero-order valence-electron chi connectivity index (χ0n) is 19.6. The molecule has 0 saturated heterocycles. The van der Waals surface area contributed by atoms with E-state index in [1.807, 2.05) is 0 Å². The van der Waals surface area contributed by atoms with Crippen molar-refractivity contribution < 1.29 is 0 Å². The molecule has 0 bridgehead atoms. The molecule has 0 spiro atoms. The Morgan fingerprint density at radius 3 is 1.36 bits per heavy atom. The van der Waals surface area contributed by atoms with Gasteiger partial charge in [0.2, 0.25) is 0 Å². The Hall–Kier alpha value is -3.12. The van der Waals surface area contributed by atoms with Gasteiger partial charge >= 0.3 is 0 Å². The average molecular weight is 429 g/mol. The van der Waals surface area contributed by atoms with Crippen LogP contribution in [0.1, 0.15) is 54.4 Å². The number of benzene rings is 2. The third kappa shape index (κ3) is 3.19. The average Bonchev–Trinajstić information content (AvgIpc) is 3.64. The second-order valence-electron chi connectivity index (χ2n) is 10.7. The largest absolute Gasteiger partial charge is 0.0770 e. The van der Waals surface area contributed by atoms with Gasteiger partial charge in [0.05, 0.1) is 0 Å². The predicted molar refractivity (Wildman–Crippen MR) is 141 cm³/mol. The van der Waals surface area contributed by atoms with Crippen LogP contribution in [0, 0.1) is 22.7 Å². The summed E-state index contributed by atoms with van der Waals surface area (Å²) in [5, 5.41) is 0. The van der Waals surface area contributed by atoms with Crippen LogP contribution in [0.5, 0.6) is 0 Å². The summed E-state index contributed by atoms with van der Waals surface area (Å²) in [4.78, 5) is 0. The number of hydrogen-bond donors (Lipinski definition) is 0. The van der Waals surface area contributed by atoms with Crippen LogP contribution in [0.25, 0.3) is 12.2 Å². The SMILES string of the molecule is CC(CC(C)(C1C=CC=C1)C1C=Cc2ccccc21)(C1C=CC=C1)C1C=Cc2ccccc21. The van der Waals surface area contributed by atoms with Gasteiger partial charge in [0, 0.05) is 23.7 Å². The van der Waals surface area contributed by atoms with Crippen molar-refractivity contribution in [2.24, 2.45) is 22.7 Å². The van der Waals surface area contributed by atoms with Gasteiger partial charge in [0.1, 0.15) is 0 Å². The van der Waals surface area contributed by atoms with Gasteiger partial charge in [-0.2, -0.15) is 0 Å². The van der Waals surface area contributed by atoms with Gasteiger partial charge in [-0.1, -0.05) is 135 Å². The van der Waals surface area contributed by atoms with Crippen molar-refractivity contribution in [3.8, 4) is 0 Å². The lowest BCUT2D eigenvalue weighted by atomic mass is 9.53. The quantitative estimate of drug-likeness (QED) is 0.433. The molecule has 0 heterocycles. The van der Waals surface area contributed by atoms with E-state index >= 15 is 0 Å². The zero-order chi connectivity index (χ0) is 22.5. The third-order valence-corrected chi connectivity index (χ3v) is 8.80. The number of hydrogen-bond acceptors (Lipinski definition) is 0. The van der Waals surface area contributed by atoms with Crippen LogP contribution in [0.15, 0.2) is 109 Å². The Morgan fingerprint density at radius 1 is 0.545 bits per heavy atom. The molecule has 33 heavy (non-hydrogen) atoms. The van der Waals surface area contributed by atoms with Gasteiger partial charge < -0.3 is 0 Å². The van der Waals surface area contributed by atoms with Crippen molar-refractivity contribution in [2.45, 2.75) is 32.1 Å². The summed E-state index contributed by atoms with van der Waals surface area (Å²) >= 11 is 0. The molecule has 0 heteroatoms. The first-order chi connectivity index (χ1) is 16.1. The van der Waals surface area contributed by atoms with Crippen LogP contribution < -0.4 is 0 Å². The smallest absolute Gasteiger partial charge is 0.00899 e. The lowest BCUT2D eigenvalue weighted by molar-refractivity contribution is 0.0860. The van der Waals surface area contributed by atoms with E-state index in [1.165, 1.54) is 22.3 Å². The van der Waals surface area contributed by atoms with Crippen molar-refractivity contribution in [1.29, 1.82) is 0 Å². The molecule has 2 aromatic rings. The van der Waals surface area contributed by atoms with Gasteiger partial charge in [0.15, 0.2) is 0 Å². The maximum absolute atomic E-state index is 2.54. The van der Waals surface area contributed by atoms with Crippen LogP contribution in [-0.2, 0) is 0 Å². The molecule has 0 nitrogen and oxygen atoms in total. The van der Waals surface area contributed by atoms with E-state index in [2.05, 4.69) is 135 Å². The lowest BCUT2D eigenvalue weighted by Crippen LogP contribution is -2.41. The number of rotatable bonds is 6. The van der Waals surface area contributed by atoms with Gasteiger partial charge in [-0.3, -0.25) is 0 Å². The van der Waals surface area contributed by atoms with Crippen LogP contribution in [0.3, 0.4) is 0 Å². The molecule has 0 aromatic heterocycles. The Labute approximate surface area is 198 Å². The maximum Gasteiger partial charge on any atom is 0.00899 e. The van der Waals surface area contributed by atoms with E-state index in [1.54, 1.807) is 0 Å². The number of fused-ring (bicyclic) bond motifs is 2. The molecule has 0 saturated carbocycles. The summed E-state index contributed by atoms with van der Waals surface area (Å²) in [5.41, 5.74) is 5.86. The molecule has 2 aromatic carbocycles. The fraction of sp³-hybridized carbons (Fsp3) is 0.273. The summed E-state index contributed by atoms with van der Waals surface area (Å²) in [7, 11) is 0. The minimum atomic E-state index is 0.0665. The first kappa shape index (κ1) is 20.5. The minimum absolute atomic E-state index is 0.0665. The predicted octanol–water partition coefficient (Wildman–Crippen LogP) is 8.49. The van der Waals surface area contributed by atoms with Crippen LogP contribution in [0.2, 0.25) is 0 Å². The van der Waals surface area contributed by atoms with E-state index in [9.17, 15) is 0 Å². The van der Waals surface area contributed by atoms with Crippen molar-refractivity contribution >= 4 is 12.2 Å². The Balaban J connectivity index is 1.47.